The Morgan fingerprint density at radius 2 is 1.79 bits per heavy atom. The Morgan fingerprint density at radius 1 is 1.18 bits per heavy atom. The topological polar surface area (TPSA) is 83.5 Å². The third kappa shape index (κ3) is 8.63. The van der Waals surface area contributed by atoms with Gasteiger partial charge in [0.2, 0.25) is 0 Å². The Kier molecular flexibility index (Phi) is 8.44. The maximum Gasteiger partial charge on any atom is 0.408 e. The number of benzene rings is 1. The van der Waals surface area contributed by atoms with Gasteiger partial charge >= 0.3 is 6.09 Å². The molecular weight excluding hydrogens is 496 g/mol. The van der Waals surface area contributed by atoms with E-state index in [1.54, 1.807) is 47.7 Å². The highest BCUT2D eigenvalue weighted by Gasteiger charge is 2.26. The van der Waals surface area contributed by atoms with E-state index in [0.29, 0.717) is 21.5 Å². The van der Waals surface area contributed by atoms with E-state index in [-0.39, 0.29) is 12.0 Å². The van der Waals surface area contributed by atoms with E-state index < -0.39 is 35.0 Å². The van der Waals surface area contributed by atoms with Crippen LogP contribution in [0.25, 0.3) is 0 Å². The highest BCUT2D eigenvalue weighted by atomic mass is 79.9. The molecule has 2 rings (SSSR count). The zero-order valence-corrected chi connectivity index (χ0v) is 21.0. The molecule has 0 aliphatic rings. The summed E-state index contributed by atoms with van der Waals surface area (Å²) in [6, 6.07) is 4.82. The first-order chi connectivity index (χ1) is 15.2. The molecule has 178 valence electrons. The van der Waals surface area contributed by atoms with Crippen LogP contribution in [0, 0.1) is 23.5 Å². The number of nitrogens with zero attached hydrogens (tertiary/aromatic N) is 1. The third-order valence-electron chi connectivity index (χ3n) is 4.13. The summed E-state index contributed by atoms with van der Waals surface area (Å²) in [5.41, 5.74) is -0.317. The van der Waals surface area contributed by atoms with Gasteiger partial charge in [-0.15, -0.1) is 0 Å². The Morgan fingerprint density at radius 3 is 2.30 bits per heavy atom. The standard InChI is InChI=1S/C24H28BrF2N3O3/c1-23(2,3)30-22(31)33-20(11-14-9-15(26)12-16(27)10-14)21-17(25)13-19(28-6)18(29-21)7-8-24(4,5)32/h9-10,12-13,20,28,32H,11H2,1-6H3,(H,30,31)/t20-/m0/s1. The molecule has 0 unspecified atom stereocenters. The van der Waals surface area contributed by atoms with Crippen molar-refractivity contribution in [1.29, 1.82) is 0 Å². The lowest BCUT2D eigenvalue weighted by molar-refractivity contribution is 0.0884. The van der Waals surface area contributed by atoms with E-state index in [9.17, 15) is 18.7 Å². The fourth-order valence-corrected chi connectivity index (χ4v) is 3.40. The number of carbonyl (C=O) groups excluding carboxylic acids is 1. The number of alkyl carbamates (subject to hydrolysis) is 1. The minimum absolute atomic E-state index is 0.0326. The van der Waals surface area contributed by atoms with Crippen LogP contribution < -0.4 is 10.6 Å². The maximum absolute atomic E-state index is 13.8. The lowest BCUT2D eigenvalue weighted by atomic mass is 10.0. The smallest absolute Gasteiger partial charge is 0.408 e. The average Bonchev–Trinajstić information content (AvgIpc) is 2.63. The first-order valence-electron chi connectivity index (χ1n) is 10.2. The molecule has 3 N–H and O–H groups in total. The number of halogens is 3. The van der Waals surface area contributed by atoms with Gasteiger partial charge in [0, 0.05) is 29.5 Å². The average molecular weight is 524 g/mol. The van der Waals surface area contributed by atoms with Gasteiger partial charge in [0.05, 0.1) is 11.4 Å². The molecule has 0 spiro atoms. The molecule has 0 saturated carbocycles. The second kappa shape index (κ2) is 10.5. The number of anilines is 1. The molecule has 0 radical (unpaired) electrons. The Labute approximate surface area is 201 Å². The fraction of sp³-hybridized carbons (Fsp3) is 0.417. The Hall–Kier alpha value is -2.70. The van der Waals surface area contributed by atoms with Gasteiger partial charge in [-0.3, -0.25) is 0 Å². The van der Waals surface area contributed by atoms with Gasteiger partial charge in [0.25, 0.3) is 0 Å². The van der Waals surface area contributed by atoms with Crippen molar-refractivity contribution in [3.8, 4) is 11.8 Å². The number of hydrogen-bond donors (Lipinski definition) is 3. The van der Waals surface area contributed by atoms with Crippen molar-refractivity contribution in [2.24, 2.45) is 0 Å². The summed E-state index contributed by atoms with van der Waals surface area (Å²) >= 11 is 3.45. The maximum atomic E-state index is 13.8. The SMILES string of the molecule is CNc1cc(Br)c([C@H](Cc2cc(F)cc(F)c2)OC(=O)NC(C)(C)C)nc1C#CC(C)(C)O. The molecule has 1 amide bonds. The van der Waals surface area contributed by atoms with Gasteiger partial charge in [-0.25, -0.2) is 18.6 Å². The van der Waals surface area contributed by atoms with Crippen LogP contribution in [0.2, 0.25) is 0 Å². The lowest BCUT2D eigenvalue weighted by Gasteiger charge is -2.24. The first-order valence-corrected chi connectivity index (χ1v) is 11.0. The van der Waals surface area contributed by atoms with Gasteiger partial charge in [-0.2, -0.15) is 0 Å². The number of pyridine rings is 1. The first kappa shape index (κ1) is 26.6. The second-order valence-electron chi connectivity index (χ2n) is 9.06. The van der Waals surface area contributed by atoms with Crippen molar-refractivity contribution in [1.82, 2.24) is 10.3 Å². The highest BCUT2D eigenvalue weighted by molar-refractivity contribution is 9.10. The molecule has 0 aliphatic carbocycles. The van der Waals surface area contributed by atoms with E-state index in [4.69, 9.17) is 4.74 Å². The van der Waals surface area contributed by atoms with Crippen LogP contribution in [0.3, 0.4) is 0 Å². The van der Waals surface area contributed by atoms with Crippen LogP contribution in [0.4, 0.5) is 19.3 Å². The van der Waals surface area contributed by atoms with E-state index in [0.717, 1.165) is 6.07 Å². The summed E-state index contributed by atoms with van der Waals surface area (Å²) in [6.45, 7) is 8.47. The zero-order chi connectivity index (χ0) is 25.0. The number of hydrogen-bond acceptors (Lipinski definition) is 5. The number of aromatic nitrogens is 1. The summed E-state index contributed by atoms with van der Waals surface area (Å²) < 4.78 is 33.7. The normalized spacial score (nSPS) is 12.4. The number of carbonyl (C=O) groups is 1. The minimum atomic E-state index is -1.25. The number of ether oxygens (including phenoxy) is 1. The van der Waals surface area contributed by atoms with Crippen molar-refractivity contribution in [2.45, 2.75) is 58.3 Å². The lowest BCUT2D eigenvalue weighted by Crippen LogP contribution is -2.41. The largest absolute Gasteiger partial charge is 0.439 e. The molecule has 1 aromatic carbocycles. The van der Waals surface area contributed by atoms with Gasteiger partial charge in [0.15, 0.2) is 6.10 Å². The van der Waals surface area contributed by atoms with Crippen molar-refractivity contribution < 1.29 is 23.4 Å². The van der Waals surface area contributed by atoms with Crippen molar-refractivity contribution >= 4 is 27.7 Å². The van der Waals surface area contributed by atoms with Crippen LogP contribution in [0.1, 0.15) is 57.7 Å². The quantitative estimate of drug-likeness (QED) is 0.475. The molecule has 0 bridgehead atoms. The molecule has 2 aromatic rings. The molecule has 33 heavy (non-hydrogen) atoms. The Balaban J connectivity index is 2.56. The van der Waals surface area contributed by atoms with Crippen LogP contribution in [-0.2, 0) is 11.2 Å². The van der Waals surface area contributed by atoms with Crippen molar-refractivity contribution in [2.75, 3.05) is 12.4 Å². The highest BCUT2D eigenvalue weighted by Crippen LogP contribution is 2.31. The predicted molar refractivity (Wildman–Crippen MR) is 127 cm³/mol. The van der Waals surface area contributed by atoms with Gasteiger partial charge in [-0.1, -0.05) is 5.92 Å². The molecule has 0 saturated heterocycles. The number of aliphatic hydroxyl groups is 1. The van der Waals surface area contributed by atoms with Gasteiger partial charge in [0.1, 0.15) is 22.9 Å². The molecule has 1 atom stereocenters. The summed E-state index contributed by atoms with van der Waals surface area (Å²) in [6.07, 6.45) is -1.73. The molecule has 0 fully saturated rings. The zero-order valence-electron chi connectivity index (χ0n) is 19.4. The van der Waals surface area contributed by atoms with Gasteiger partial charge < -0.3 is 20.5 Å². The summed E-state index contributed by atoms with van der Waals surface area (Å²) in [5, 5.41) is 15.7. The summed E-state index contributed by atoms with van der Waals surface area (Å²) in [7, 11) is 1.69. The number of nitrogens with one attached hydrogen (secondary N) is 2. The fourth-order valence-electron chi connectivity index (χ4n) is 2.83. The predicted octanol–water partition coefficient (Wildman–Crippen LogP) is 5.09. The summed E-state index contributed by atoms with van der Waals surface area (Å²) in [5.74, 6) is 4.06. The second-order valence-corrected chi connectivity index (χ2v) is 9.92. The van der Waals surface area contributed by atoms with E-state index in [1.807, 2.05) is 0 Å². The number of rotatable bonds is 5. The molecule has 1 heterocycles. The molecule has 1 aromatic heterocycles. The monoisotopic (exact) mass is 523 g/mol. The van der Waals surface area contributed by atoms with Crippen LogP contribution in [0.5, 0.6) is 0 Å². The van der Waals surface area contributed by atoms with Crippen molar-refractivity contribution in [3.63, 3.8) is 0 Å². The molecular formula is C24H28BrF2N3O3. The van der Waals surface area contributed by atoms with Crippen LogP contribution in [0.15, 0.2) is 28.7 Å². The summed E-state index contributed by atoms with van der Waals surface area (Å²) in [4.78, 5) is 17.1. The van der Waals surface area contributed by atoms with Crippen molar-refractivity contribution in [3.05, 3.63) is 57.3 Å². The van der Waals surface area contributed by atoms with Gasteiger partial charge in [-0.05, 0) is 80.2 Å². The molecule has 6 nitrogen and oxygen atoms in total. The number of amides is 1. The van der Waals surface area contributed by atoms with E-state index in [2.05, 4.69) is 43.4 Å². The van der Waals surface area contributed by atoms with Crippen LogP contribution >= 0.6 is 15.9 Å². The molecule has 0 aliphatic heterocycles. The minimum Gasteiger partial charge on any atom is -0.439 e. The Bertz CT molecular complexity index is 1060. The van der Waals surface area contributed by atoms with Crippen LogP contribution in [-0.4, -0.2) is 34.4 Å². The molecule has 9 heteroatoms. The third-order valence-corrected chi connectivity index (χ3v) is 4.77. The van der Waals surface area contributed by atoms with E-state index >= 15 is 0 Å². The van der Waals surface area contributed by atoms with E-state index in [1.165, 1.54) is 12.1 Å².